The van der Waals surface area contributed by atoms with Gasteiger partial charge in [0.15, 0.2) is 11.5 Å². The van der Waals surface area contributed by atoms with Gasteiger partial charge in [-0.3, -0.25) is 4.90 Å². The average molecular weight is 364 g/mol. The Balaban J connectivity index is 1.30. The second kappa shape index (κ2) is 8.62. The summed E-state index contributed by atoms with van der Waals surface area (Å²) in [5, 5.41) is 0. The van der Waals surface area contributed by atoms with Crippen molar-refractivity contribution in [2.24, 2.45) is 0 Å². The van der Waals surface area contributed by atoms with Gasteiger partial charge in [-0.25, -0.2) is 0 Å². The third-order valence-electron chi connectivity index (χ3n) is 5.53. The summed E-state index contributed by atoms with van der Waals surface area (Å²) in [4.78, 5) is 2.66. The first-order valence-corrected chi connectivity index (χ1v) is 10.2. The molecule has 3 nitrogen and oxygen atoms in total. The van der Waals surface area contributed by atoms with Crippen molar-refractivity contribution in [2.45, 2.75) is 38.6 Å². The first kappa shape index (κ1) is 18.1. The lowest BCUT2D eigenvalue weighted by Gasteiger charge is -2.28. The van der Waals surface area contributed by atoms with Crippen LogP contribution in [0.3, 0.4) is 0 Å². The SMILES string of the molecule is CCCN(CCCOc1cccc2c1OCC=C2)C1Cc2ccccc2C1. The Morgan fingerprint density at radius 1 is 1.04 bits per heavy atom. The lowest BCUT2D eigenvalue weighted by atomic mass is 10.1. The van der Waals surface area contributed by atoms with E-state index in [1.165, 1.54) is 30.4 Å². The van der Waals surface area contributed by atoms with Crippen molar-refractivity contribution in [2.75, 3.05) is 26.3 Å². The molecule has 1 aliphatic carbocycles. The second-order valence-corrected chi connectivity index (χ2v) is 7.46. The van der Waals surface area contributed by atoms with Crippen LogP contribution in [0.15, 0.2) is 48.5 Å². The Hall–Kier alpha value is -2.26. The Morgan fingerprint density at radius 3 is 2.63 bits per heavy atom. The molecule has 4 rings (SSSR count). The van der Waals surface area contributed by atoms with Gasteiger partial charge >= 0.3 is 0 Å². The number of rotatable bonds is 8. The van der Waals surface area contributed by atoms with Gasteiger partial charge in [0, 0.05) is 18.2 Å². The zero-order valence-corrected chi connectivity index (χ0v) is 16.2. The van der Waals surface area contributed by atoms with Crippen molar-refractivity contribution in [3.05, 3.63) is 65.2 Å². The highest BCUT2D eigenvalue weighted by molar-refractivity contribution is 5.64. The fourth-order valence-electron chi connectivity index (χ4n) is 4.25. The van der Waals surface area contributed by atoms with Crippen LogP contribution in [-0.2, 0) is 12.8 Å². The third kappa shape index (κ3) is 4.19. The highest BCUT2D eigenvalue weighted by Gasteiger charge is 2.25. The molecule has 1 aliphatic heterocycles. The lowest BCUT2D eigenvalue weighted by Crippen LogP contribution is -2.37. The molecule has 0 bridgehead atoms. The monoisotopic (exact) mass is 363 g/mol. The van der Waals surface area contributed by atoms with Crippen LogP contribution in [-0.4, -0.2) is 37.2 Å². The lowest BCUT2D eigenvalue weighted by molar-refractivity contribution is 0.180. The van der Waals surface area contributed by atoms with Crippen molar-refractivity contribution in [1.82, 2.24) is 4.90 Å². The first-order valence-electron chi connectivity index (χ1n) is 10.2. The summed E-state index contributed by atoms with van der Waals surface area (Å²) in [5.41, 5.74) is 4.16. The molecule has 0 N–H and O–H groups in total. The predicted octanol–water partition coefficient (Wildman–Crippen LogP) is 4.74. The molecule has 0 saturated carbocycles. The topological polar surface area (TPSA) is 21.7 Å². The fourth-order valence-corrected chi connectivity index (χ4v) is 4.25. The average Bonchev–Trinajstić information content (AvgIpc) is 3.14. The minimum absolute atomic E-state index is 0.625. The van der Waals surface area contributed by atoms with Crippen LogP contribution in [0.4, 0.5) is 0 Å². The maximum atomic E-state index is 6.07. The minimum atomic E-state index is 0.625. The van der Waals surface area contributed by atoms with Crippen LogP contribution in [0.5, 0.6) is 11.5 Å². The molecule has 0 aromatic heterocycles. The summed E-state index contributed by atoms with van der Waals surface area (Å²) in [6, 6.07) is 15.7. The van der Waals surface area contributed by atoms with Crippen molar-refractivity contribution >= 4 is 6.08 Å². The van der Waals surface area contributed by atoms with Crippen LogP contribution in [0.2, 0.25) is 0 Å². The molecule has 0 atom stereocenters. The Labute approximate surface area is 162 Å². The van der Waals surface area contributed by atoms with Gasteiger partial charge in [-0.15, -0.1) is 0 Å². The smallest absolute Gasteiger partial charge is 0.168 e. The van der Waals surface area contributed by atoms with Gasteiger partial charge in [0.2, 0.25) is 0 Å². The number of hydrogen-bond acceptors (Lipinski definition) is 3. The highest BCUT2D eigenvalue weighted by atomic mass is 16.5. The quantitative estimate of drug-likeness (QED) is 0.632. The van der Waals surface area contributed by atoms with Gasteiger partial charge in [0.05, 0.1) is 6.61 Å². The van der Waals surface area contributed by atoms with Crippen molar-refractivity contribution in [3.63, 3.8) is 0 Å². The van der Waals surface area contributed by atoms with Crippen molar-refractivity contribution in [1.29, 1.82) is 0 Å². The number of hydrogen-bond donors (Lipinski definition) is 0. The summed E-state index contributed by atoms with van der Waals surface area (Å²) >= 11 is 0. The zero-order chi connectivity index (χ0) is 18.5. The number of fused-ring (bicyclic) bond motifs is 2. The van der Waals surface area contributed by atoms with Crippen LogP contribution in [0.1, 0.15) is 36.5 Å². The van der Waals surface area contributed by atoms with Crippen LogP contribution >= 0.6 is 0 Å². The molecule has 0 unspecified atom stereocenters. The normalized spacial score (nSPS) is 15.5. The number of nitrogens with zero attached hydrogens (tertiary/aromatic N) is 1. The Bertz CT molecular complexity index is 774. The van der Waals surface area contributed by atoms with E-state index in [0.29, 0.717) is 12.6 Å². The van der Waals surface area contributed by atoms with Gasteiger partial charge in [0.1, 0.15) is 6.61 Å². The van der Waals surface area contributed by atoms with E-state index < -0.39 is 0 Å². The zero-order valence-electron chi connectivity index (χ0n) is 16.2. The summed E-state index contributed by atoms with van der Waals surface area (Å²) < 4.78 is 11.8. The number of benzene rings is 2. The van der Waals surface area contributed by atoms with Crippen molar-refractivity contribution in [3.8, 4) is 11.5 Å². The highest BCUT2D eigenvalue weighted by Crippen LogP contribution is 2.34. The second-order valence-electron chi connectivity index (χ2n) is 7.46. The molecular weight excluding hydrogens is 334 g/mol. The van der Waals surface area contributed by atoms with E-state index in [1.807, 2.05) is 18.2 Å². The maximum Gasteiger partial charge on any atom is 0.168 e. The third-order valence-corrected chi connectivity index (χ3v) is 5.53. The molecule has 0 fully saturated rings. The standard InChI is InChI=1S/C24H29NO2/c1-2-13-25(22-17-20-8-3-4-9-21(20)18-22)14-7-16-26-23-12-5-10-19-11-6-15-27-24(19)23/h3-6,8-12,22H,2,7,13-18H2,1H3. The molecule has 0 spiro atoms. The molecular formula is C24H29NO2. The molecule has 0 amide bonds. The predicted molar refractivity (Wildman–Crippen MR) is 111 cm³/mol. The van der Waals surface area contributed by atoms with E-state index in [9.17, 15) is 0 Å². The molecule has 0 radical (unpaired) electrons. The van der Waals surface area contributed by atoms with Crippen molar-refractivity contribution < 1.29 is 9.47 Å². The first-order chi connectivity index (χ1) is 13.3. The maximum absolute atomic E-state index is 6.07. The van der Waals surface area contributed by atoms with E-state index in [1.54, 1.807) is 0 Å². The van der Waals surface area contributed by atoms with Crippen LogP contribution in [0, 0.1) is 0 Å². The van der Waals surface area contributed by atoms with Gasteiger partial charge in [-0.2, -0.15) is 0 Å². The fraction of sp³-hybridized carbons (Fsp3) is 0.417. The summed E-state index contributed by atoms with van der Waals surface area (Å²) in [7, 11) is 0. The Morgan fingerprint density at radius 2 is 1.85 bits per heavy atom. The summed E-state index contributed by atoms with van der Waals surface area (Å²) in [6.07, 6.45) is 8.74. The van der Waals surface area contributed by atoms with Gasteiger partial charge in [-0.05, 0) is 55.5 Å². The van der Waals surface area contributed by atoms with Crippen LogP contribution < -0.4 is 9.47 Å². The van der Waals surface area contributed by atoms with Gasteiger partial charge in [0.25, 0.3) is 0 Å². The largest absolute Gasteiger partial charge is 0.490 e. The van der Waals surface area contributed by atoms with E-state index in [0.717, 1.165) is 43.2 Å². The van der Waals surface area contributed by atoms with Gasteiger partial charge < -0.3 is 9.47 Å². The van der Waals surface area contributed by atoms with E-state index >= 15 is 0 Å². The van der Waals surface area contributed by atoms with Gasteiger partial charge in [-0.1, -0.05) is 49.4 Å². The van der Waals surface area contributed by atoms with E-state index in [-0.39, 0.29) is 0 Å². The summed E-state index contributed by atoms with van der Waals surface area (Å²) in [5.74, 6) is 1.75. The molecule has 27 heavy (non-hydrogen) atoms. The molecule has 3 heteroatoms. The minimum Gasteiger partial charge on any atom is -0.490 e. The summed E-state index contributed by atoms with van der Waals surface area (Å²) in [6.45, 7) is 5.87. The molecule has 142 valence electrons. The van der Waals surface area contributed by atoms with E-state index in [2.05, 4.69) is 48.2 Å². The molecule has 0 saturated heterocycles. The van der Waals surface area contributed by atoms with Crippen LogP contribution in [0.25, 0.3) is 6.08 Å². The molecule has 2 aromatic rings. The molecule has 2 aromatic carbocycles. The molecule has 1 heterocycles. The number of para-hydroxylation sites is 1. The number of ether oxygens (including phenoxy) is 2. The Kier molecular flexibility index (Phi) is 5.78. The van der Waals surface area contributed by atoms with E-state index in [4.69, 9.17) is 9.47 Å². The molecule has 2 aliphatic rings.